The first-order valence-corrected chi connectivity index (χ1v) is 13.8. The fraction of sp³-hybridized carbons (Fsp3) is 0.462. The highest BCUT2D eigenvalue weighted by Gasteiger charge is 2.55. The van der Waals surface area contributed by atoms with E-state index in [-0.39, 0.29) is 36.3 Å². The summed E-state index contributed by atoms with van der Waals surface area (Å²) in [5.74, 6) is -0.198. The van der Waals surface area contributed by atoms with Gasteiger partial charge in [0.2, 0.25) is 21.8 Å². The summed E-state index contributed by atoms with van der Waals surface area (Å²) >= 11 is 0. The van der Waals surface area contributed by atoms with E-state index >= 15 is 0 Å². The van der Waals surface area contributed by atoms with Crippen molar-refractivity contribution in [3.63, 3.8) is 0 Å². The summed E-state index contributed by atoms with van der Waals surface area (Å²) in [7, 11) is -3.65. The molecule has 2 aromatic rings. The van der Waals surface area contributed by atoms with Crippen molar-refractivity contribution in [1.82, 2.24) is 14.1 Å². The minimum atomic E-state index is -3.65. The molecule has 0 bridgehead atoms. The van der Waals surface area contributed by atoms with E-state index in [0.29, 0.717) is 45.8 Å². The van der Waals surface area contributed by atoms with Crippen molar-refractivity contribution >= 4 is 27.5 Å². The number of sulfonamides is 1. The van der Waals surface area contributed by atoms with Gasteiger partial charge in [0.05, 0.1) is 24.8 Å². The van der Waals surface area contributed by atoms with Crippen LogP contribution in [0.5, 0.6) is 0 Å². The van der Waals surface area contributed by atoms with Crippen LogP contribution < -0.4 is 4.90 Å². The molecule has 3 aliphatic rings. The molecule has 0 N–H and O–H groups in total. The van der Waals surface area contributed by atoms with Crippen LogP contribution >= 0.6 is 0 Å². The van der Waals surface area contributed by atoms with Gasteiger partial charge in [-0.1, -0.05) is 35.9 Å². The Labute approximate surface area is 212 Å². The van der Waals surface area contributed by atoms with E-state index in [2.05, 4.69) is 4.90 Å². The number of carbonyl (C=O) groups is 2. The monoisotopic (exact) mass is 512 g/mol. The summed E-state index contributed by atoms with van der Waals surface area (Å²) < 4.78 is 33.4. The third-order valence-corrected chi connectivity index (χ3v) is 9.39. The first-order chi connectivity index (χ1) is 17.3. The molecule has 3 aliphatic heterocycles. The van der Waals surface area contributed by atoms with E-state index in [1.54, 1.807) is 34.1 Å². The van der Waals surface area contributed by atoms with Crippen molar-refractivity contribution in [2.45, 2.75) is 30.2 Å². The summed E-state index contributed by atoms with van der Waals surface area (Å²) in [6.45, 7) is 4.75. The Kier molecular flexibility index (Phi) is 6.76. The molecule has 0 saturated carbocycles. The average Bonchev–Trinajstić information content (AvgIpc) is 3.16. The summed E-state index contributed by atoms with van der Waals surface area (Å²) in [6, 6.07) is 16.5. The van der Waals surface area contributed by atoms with Crippen LogP contribution in [-0.4, -0.2) is 92.5 Å². The Morgan fingerprint density at radius 1 is 0.944 bits per heavy atom. The number of hydrogen-bond donors (Lipinski definition) is 0. The molecule has 0 unspecified atom stereocenters. The molecule has 0 aliphatic carbocycles. The zero-order valence-electron chi connectivity index (χ0n) is 20.5. The smallest absolute Gasteiger partial charge is 0.250 e. The lowest BCUT2D eigenvalue weighted by Crippen LogP contribution is -2.57. The minimum Gasteiger partial charge on any atom is -0.378 e. The number of nitrogens with zero attached hydrogens (tertiary/aromatic N) is 4. The highest BCUT2D eigenvalue weighted by molar-refractivity contribution is 7.89. The van der Waals surface area contributed by atoms with E-state index in [1.165, 1.54) is 4.31 Å². The SMILES string of the molecule is Cc1ccc(S(=O)(=O)N2CCC3(CC2)C(=O)N(CC(=O)N2CCOCC2)CN3c2ccccc2)cc1. The Hall–Kier alpha value is -2.95. The van der Waals surface area contributed by atoms with Crippen molar-refractivity contribution in [3.8, 4) is 0 Å². The van der Waals surface area contributed by atoms with Crippen molar-refractivity contribution in [2.24, 2.45) is 0 Å². The molecule has 2 aromatic carbocycles. The maximum atomic E-state index is 13.9. The van der Waals surface area contributed by atoms with Crippen LogP contribution in [0.2, 0.25) is 0 Å². The maximum absolute atomic E-state index is 13.9. The molecule has 0 radical (unpaired) electrons. The molecule has 192 valence electrons. The Bertz CT molecular complexity index is 1200. The highest BCUT2D eigenvalue weighted by Crippen LogP contribution is 2.40. The zero-order valence-corrected chi connectivity index (χ0v) is 21.3. The van der Waals surface area contributed by atoms with Crippen molar-refractivity contribution in [2.75, 3.05) is 57.5 Å². The number of ether oxygens (including phenoxy) is 1. The fourth-order valence-electron chi connectivity index (χ4n) is 5.35. The van der Waals surface area contributed by atoms with Crippen LogP contribution in [0.1, 0.15) is 18.4 Å². The van der Waals surface area contributed by atoms with E-state index < -0.39 is 15.6 Å². The predicted octanol–water partition coefficient (Wildman–Crippen LogP) is 1.68. The summed E-state index contributed by atoms with van der Waals surface area (Å²) in [5.41, 5.74) is 1.00. The Morgan fingerprint density at radius 3 is 2.22 bits per heavy atom. The molecule has 9 nitrogen and oxygen atoms in total. The predicted molar refractivity (Wildman–Crippen MR) is 135 cm³/mol. The first-order valence-electron chi connectivity index (χ1n) is 12.4. The van der Waals surface area contributed by atoms with Crippen molar-refractivity contribution in [3.05, 3.63) is 60.2 Å². The molecular formula is C26H32N4O5S. The fourth-order valence-corrected chi connectivity index (χ4v) is 6.80. The van der Waals surface area contributed by atoms with E-state index in [0.717, 1.165) is 11.3 Å². The second-order valence-electron chi connectivity index (χ2n) is 9.65. The van der Waals surface area contributed by atoms with Gasteiger partial charge >= 0.3 is 0 Å². The van der Waals surface area contributed by atoms with Crippen molar-refractivity contribution in [1.29, 1.82) is 0 Å². The van der Waals surface area contributed by atoms with Gasteiger partial charge in [0, 0.05) is 31.9 Å². The number of para-hydroxylation sites is 1. The number of piperidine rings is 1. The van der Waals surface area contributed by atoms with Crippen LogP contribution in [0.3, 0.4) is 0 Å². The molecule has 2 amide bonds. The zero-order chi connectivity index (χ0) is 25.3. The summed E-state index contributed by atoms with van der Waals surface area (Å²) in [6.07, 6.45) is 0.710. The summed E-state index contributed by atoms with van der Waals surface area (Å²) in [5, 5.41) is 0. The Balaban J connectivity index is 1.37. The van der Waals surface area contributed by atoms with E-state index in [9.17, 15) is 18.0 Å². The number of hydrogen-bond acceptors (Lipinski definition) is 6. The van der Waals surface area contributed by atoms with Gasteiger partial charge in [-0.05, 0) is 44.0 Å². The number of morpholine rings is 1. The maximum Gasteiger partial charge on any atom is 0.250 e. The number of carbonyl (C=O) groups excluding carboxylic acids is 2. The standard InChI is InChI=1S/C26H32N4O5S/c1-21-7-9-23(10-8-21)36(33,34)29-13-11-26(12-14-29)25(32)28(19-24(31)27-15-17-35-18-16-27)20-30(26)22-5-3-2-4-6-22/h2-10H,11-20H2,1H3. The van der Waals surface area contributed by atoms with Gasteiger partial charge in [-0.25, -0.2) is 8.42 Å². The summed E-state index contributed by atoms with van der Waals surface area (Å²) in [4.78, 5) is 32.5. The number of amides is 2. The van der Waals surface area contributed by atoms with Crippen LogP contribution in [0.4, 0.5) is 5.69 Å². The lowest BCUT2D eigenvalue weighted by molar-refractivity contribution is -0.143. The second kappa shape index (κ2) is 9.84. The number of anilines is 1. The van der Waals surface area contributed by atoms with E-state index in [1.807, 2.05) is 37.3 Å². The molecule has 0 atom stereocenters. The topological polar surface area (TPSA) is 90.5 Å². The third-order valence-electron chi connectivity index (χ3n) is 7.48. The molecule has 5 rings (SSSR count). The van der Waals surface area contributed by atoms with Crippen molar-refractivity contribution < 1.29 is 22.7 Å². The molecular weight excluding hydrogens is 480 g/mol. The number of rotatable bonds is 5. The Morgan fingerprint density at radius 2 is 1.58 bits per heavy atom. The van der Waals surface area contributed by atoms with Gasteiger partial charge in [-0.2, -0.15) is 4.31 Å². The van der Waals surface area contributed by atoms with Gasteiger partial charge in [0.25, 0.3) is 0 Å². The van der Waals surface area contributed by atoms with Crippen LogP contribution in [0.15, 0.2) is 59.5 Å². The molecule has 36 heavy (non-hydrogen) atoms. The van der Waals surface area contributed by atoms with Crippen LogP contribution in [0, 0.1) is 6.92 Å². The largest absolute Gasteiger partial charge is 0.378 e. The molecule has 10 heteroatoms. The second-order valence-corrected chi connectivity index (χ2v) is 11.6. The van der Waals surface area contributed by atoms with Gasteiger partial charge in [-0.15, -0.1) is 0 Å². The van der Waals surface area contributed by atoms with E-state index in [4.69, 9.17) is 4.74 Å². The lowest BCUT2D eigenvalue weighted by Gasteiger charge is -2.42. The van der Waals surface area contributed by atoms with Gasteiger partial charge < -0.3 is 19.4 Å². The molecule has 0 aromatic heterocycles. The van der Waals surface area contributed by atoms with Crippen LogP contribution in [-0.2, 0) is 24.3 Å². The number of benzene rings is 2. The minimum absolute atomic E-state index is 0.00922. The molecule has 3 fully saturated rings. The average molecular weight is 513 g/mol. The lowest BCUT2D eigenvalue weighted by atomic mass is 9.86. The highest BCUT2D eigenvalue weighted by atomic mass is 32.2. The van der Waals surface area contributed by atoms with Crippen LogP contribution in [0.25, 0.3) is 0 Å². The van der Waals surface area contributed by atoms with Gasteiger partial charge in [0.1, 0.15) is 12.1 Å². The quantitative estimate of drug-likeness (QED) is 0.606. The van der Waals surface area contributed by atoms with Gasteiger partial charge in [0.15, 0.2) is 0 Å². The van der Waals surface area contributed by atoms with Gasteiger partial charge in [-0.3, -0.25) is 9.59 Å². The molecule has 3 heterocycles. The number of aryl methyl sites for hydroxylation is 1. The first kappa shape index (κ1) is 24.7. The third kappa shape index (κ3) is 4.49. The molecule has 1 spiro atoms. The molecule has 3 saturated heterocycles. The normalized spacial score (nSPS) is 20.8.